The topological polar surface area (TPSA) is 63.7 Å². The maximum atomic E-state index is 13.1. The van der Waals surface area contributed by atoms with E-state index in [1.165, 1.54) is 0 Å². The molecule has 0 spiro atoms. The molecule has 1 atom stereocenters. The Kier molecular flexibility index (Phi) is 6.54. The number of carbonyl (C=O) groups is 1. The fraction of sp³-hybridized carbons (Fsp3) is 0.409. The first-order valence-corrected chi connectivity index (χ1v) is 11.8. The second-order valence-electron chi connectivity index (χ2n) is 7.72. The molecule has 1 amide bonds. The number of carbonyl (C=O) groups excluding carboxylic acids is 1. The Balaban J connectivity index is 1.78. The van der Waals surface area contributed by atoms with Crippen molar-refractivity contribution >= 4 is 27.3 Å². The number of hydrogen-bond donors (Lipinski definition) is 0. The summed E-state index contributed by atoms with van der Waals surface area (Å²) in [5.41, 5.74) is 3.99. The molecule has 1 fully saturated rings. The number of sulfone groups is 1. The van der Waals surface area contributed by atoms with Gasteiger partial charge in [-0.2, -0.15) is 0 Å². The molecule has 0 saturated carbocycles. The second kappa shape index (κ2) is 8.76. The zero-order valence-electron chi connectivity index (χ0n) is 16.9. The van der Waals surface area contributed by atoms with Crippen molar-refractivity contribution in [1.82, 2.24) is 4.90 Å². The summed E-state index contributed by atoms with van der Waals surface area (Å²) in [4.78, 5) is 14.7. The molecule has 0 aromatic heterocycles. The van der Waals surface area contributed by atoms with Gasteiger partial charge >= 0.3 is 0 Å². The van der Waals surface area contributed by atoms with E-state index in [-0.39, 0.29) is 30.1 Å². The summed E-state index contributed by atoms with van der Waals surface area (Å²) >= 11 is 5.95. The van der Waals surface area contributed by atoms with E-state index in [2.05, 4.69) is 0 Å². The van der Waals surface area contributed by atoms with Gasteiger partial charge in [-0.05, 0) is 56.0 Å². The summed E-state index contributed by atoms with van der Waals surface area (Å²) in [6.07, 6.45) is 0.449. The van der Waals surface area contributed by atoms with Crippen molar-refractivity contribution in [2.24, 2.45) is 0 Å². The molecule has 0 N–H and O–H groups in total. The van der Waals surface area contributed by atoms with Crippen molar-refractivity contribution in [3.8, 4) is 5.75 Å². The number of halogens is 1. The summed E-state index contributed by atoms with van der Waals surface area (Å²) in [5.74, 6) is 0.587. The maximum absolute atomic E-state index is 13.1. The van der Waals surface area contributed by atoms with Crippen LogP contribution in [0.1, 0.15) is 28.7 Å². The van der Waals surface area contributed by atoms with Gasteiger partial charge in [0.25, 0.3) is 5.91 Å². The molecule has 0 unspecified atom stereocenters. The number of aryl methyl sites for hydroxylation is 3. The monoisotopic (exact) mass is 435 g/mol. The minimum Gasteiger partial charge on any atom is -0.483 e. The van der Waals surface area contributed by atoms with E-state index in [4.69, 9.17) is 16.3 Å². The van der Waals surface area contributed by atoms with Crippen LogP contribution < -0.4 is 4.74 Å². The first-order chi connectivity index (χ1) is 13.6. The molecule has 7 heteroatoms. The molecule has 1 saturated heterocycles. The van der Waals surface area contributed by atoms with E-state index in [0.29, 0.717) is 23.7 Å². The highest BCUT2D eigenvalue weighted by molar-refractivity contribution is 7.91. The average molecular weight is 436 g/mol. The Morgan fingerprint density at radius 1 is 1.14 bits per heavy atom. The Morgan fingerprint density at radius 3 is 2.31 bits per heavy atom. The van der Waals surface area contributed by atoms with Crippen molar-refractivity contribution in [2.45, 2.75) is 39.8 Å². The van der Waals surface area contributed by atoms with Gasteiger partial charge in [-0.25, -0.2) is 8.42 Å². The van der Waals surface area contributed by atoms with Crippen LogP contribution >= 0.6 is 11.6 Å². The molecule has 2 aromatic carbocycles. The van der Waals surface area contributed by atoms with Gasteiger partial charge in [0.1, 0.15) is 5.75 Å². The minimum absolute atomic E-state index is 0.00504. The lowest BCUT2D eigenvalue weighted by atomic mass is 10.1. The second-order valence-corrected chi connectivity index (χ2v) is 10.4. The third kappa shape index (κ3) is 5.52. The lowest BCUT2D eigenvalue weighted by Crippen LogP contribution is -2.43. The van der Waals surface area contributed by atoms with E-state index in [9.17, 15) is 13.2 Å². The summed E-state index contributed by atoms with van der Waals surface area (Å²) in [6, 6.07) is 10.9. The number of rotatable bonds is 6. The summed E-state index contributed by atoms with van der Waals surface area (Å²) in [6.45, 7) is 6.12. The molecule has 1 aliphatic heterocycles. The SMILES string of the molecule is Cc1cc(C)c(OCC(=O)N(Cc2ccc(Cl)cc2)[C@@H]2CCS(=O)(=O)C2)c(C)c1. The highest BCUT2D eigenvalue weighted by Crippen LogP contribution is 2.26. The van der Waals surface area contributed by atoms with Crippen molar-refractivity contribution < 1.29 is 17.9 Å². The first-order valence-electron chi connectivity index (χ1n) is 9.59. The highest BCUT2D eigenvalue weighted by atomic mass is 35.5. The summed E-state index contributed by atoms with van der Waals surface area (Å²) in [5, 5.41) is 0.615. The molecule has 0 aliphatic carbocycles. The van der Waals surface area contributed by atoms with Gasteiger partial charge in [-0.15, -0.1) is 0 Å². The van der Waals surface area contributed by atoms with Gasteiger partial charge in [0.05, 0.1) is 11.5 Å². The standard InChI is InChI=1S/C22H26ClNO4S/c1-15-10-16(2)22(17(3)11-15)28-13-21(25)24(20-8-9-29(26,27)14-20)12-18-4-6-19(23)7-5-18/h4-7,10-11,20H,8-9,12-14H2,1-3H3/t20-/m1/s1. The van der Waals surface area contributed by atoms with Crippen molar-refractivity contribution in [3.05, 3.63) is 63.7 Å². The molecule has 2 aromatic rings. The van der Waals surface area contributed by atoms with Crippen molar-refractivity contribution in [1.29, 1.82) is 0 Å². The van der Waals surface area contributed by atoms with Gasteiger partial charge in [-0.1, -0.05) is 41.4 Å². The van der Waals surface area contributed by atoms with Gasteiger partial charge < -0.3 is 9.64 Å². The Morgan fingerprint density at radius 2 is 1.76 bits per heavy atom. The molecule has 5 nitrogen and oxygen atoms in total. The number of benzene rings is 2. The molecular formula is C22H26ClNO4S. The Bertz CT molecular complexity index is 979. The Labute approximate surface area is 177 Å². The van der Waals surface area contributed by atoms with E-state index < -0.39 is 9.84 Å². The molecular weight excluding hydrogens is 410 g/mol. The van der Waals surface area contributed by atoms with Crippen LogP contribution in [-0.2, 0) is 21.2 Å². The van der Waals surface area contributed by atoms with Crippen molar-refractivity contribution in [3.63, 3.8) is 0 Å². The predicted molar refractivity (Wildman–Crippen MR) is 115 cm³/mol. The summed E-state index contributed by atoms with van der Waals surface area (Å²) < 4.78 is 29.8. The van der Waals surface area contributed by atoms with Crippen LogP contribution in [-0.4, -0.2) is 43.4 Å². The molecule has 156 valence electrons. The van der Waals surface area contributed by atoms with Crippen LogP contribution in [0.3, 0.4) is 0 Å². The molecule has 1 aliphatic rings. The molecule has 29 heavy (non-hydrogen) atoms. The van der Waals surface area contributed by atoms with Gasteiger partial charge in [0, 0.05) is 17.6 Å². The van der Waals surface area contributed by atoms with Gasteiger partial charge in [-0.3, -0.25) is 4.79 Å². The van der Waals surface area contributed by atoms with E-state index >= 15 is 0 Å². The minimum atomic E-state index is -3.11. The van der Waals surface area contributed by atoms with E-state index in [1.54, 1.807) is 17.0 Å². The number of ether oxygens (including phenoxy) is 1. The van der Waals surface area contributed by atoms with Gasteiger partial charge in [0.15, 0.2) is 16.4 Å². The van der Waals surface area contributed by atoms with Crippen LogP contribution in [0.5, 0.6) is 5.75 Å². The van der Waals surface area contributed by atoms with Gasteiger partial charge in [0.2, 0.25) is 0 Å². The zero-order chi connectivity index (χ0) is 21.2. The fourth-order valence-corrected chi connectivity index (χ4v) is 5.70. The lowest BCUT2D eigenvalue weighted by Gasteiger charge is -2.28. The van der Waals surface area contributed by atoms with Crippen LogP contribution in [0.4, 0.5) is 0 Å². The Hall–Kier alpha value is -2.05. The molecule has 0 bridgehead atoms. The summed E-state index contributed by atoms with van der Waals surface area (Å²) in [7, 11) is -3.11. The van der Waals surface area contributed by atoms with Crippen LogP contribution in [0.15, 0.2) is 36.4 Å². The zero-order valence-corrected chi connectivity index (χ0v) is 18.5. The largest absolute Gasteiger partial charge is 0.483 e. The number of hydrogen-bond acceptors (Lipinski definition) is 4. The normalized spacial score (nSPS) is 17.9. The third-order valence-electron chi connectivity index (χ3n) is 5.18. The van der Waals surface area contributed by atoms with Crippen LogP contribution in [0.25, 0.3) is 0 Å². The first kappa shape index (κ1) is 21.7. The van der Waals surface area contributed by atoms with Crippen molar-refractivity contribution in [2.75, 3.05) is 18.1 Å². The maximum Gasteiger partial charge on any atom is 0.261 e. The number of amides is 1. The predicted octanol–water partition coefficient (Wildman–Crippen LogP) is 3.86. The van der Waals surface area contributed by atoms with E-state index in [0.717, 1.165) is 22.3 Å². The molecule has 3 rings (SSSR count). The number of nitrogens with zero attached hydrogens (tertiary/aromatic N) is 1. The average Bonchev–Trinajstić information content (AvgIpc) is 2.99. The van der Waals surface area contributed by atoms with Crippen LogP contribution in [0.2, 0.25) is 5.02 Å². The third-order valence-corrected chi connectivity index (χ3v) is 7.18. The van der Waals surface area contributed by atoms with E-state index in [1.807, 2.05) is 45.0 Å². The smallest absolute Gasteiger partial charge is 0.261 e. The fourth-order valence-electron chi connectivity index (χ4n) is 3.84. The highest BCUT2D eigenvalue weighted by Gasteiger charge is 2.34. The quantitative estimate of drug-likeness (QED) is 0.691. The lowest BCUT2D eigenvalue weighted by molar-refractivity contribution is -0.136. The molecule has 0 radical (unpaired) electrons. The molecule has 1 heterocycles. The van der Waals surface area contributed by atoms with Crippen LogP contribution in [0, 0.1) is 20.8 Å².